The molecule has 8 heteroatoms. The van der Waals surface area contributed by atoms with Crippen LogP contribution in [0.2, 0.25) is 5.02 Å². The molecule has 0 saturated carbocycles. The van der Waals surface area contributed by atoms with Crippen molar-refractivity contribution in [2.24, 2.45) is 14.1 Å². The fraction of sp³-hybridized carbons (Fsp3) is 0.111. The molecule has 2 aromatic carbocycles. The van der Waals surface area contributed by atoms with E-state index < -0.39 is 9.84 Å². The van der Waals surface area contributed by atoms with Crippen LogP contribution >= 0.6 is 11.6 Å². The zero-order valence-electron chi connectivity index (χ0n) is 14.0. The molecule has 0 aliphatic carbocycles. The van der Waals surface area contributed by atoms with Crippen LogP contribution in [0.5, 0.6) is 0 Å². The van der Waals surface area contributed by atoms with Crippen molar-refractivity contribution in [3.63, 3.8) is 0 Å². The summed E-state index contributed by atoms with van der Waals surface area (Å²) in [4.78, 5) is 11.6. The summed E-state index contributed by atoms with van der Waals surface area (Å²) in [6, 6.07) is 12.4. The predicted octanol–water partition coefficient (Wildman–Crippen LogP) is 2.87. The van der Waals surface area contributed by atoms with E-state index in [2.05, 4.69) is 0 Å². The number of imidazole rings is 1. The number of halogens is 1. The van der Waals surface area contributed by atoms with Gasteiger partial charge in [0.05, 0.1) is 15.9 Å². The smallest absolute Gasteiger partial charge is 0.295 e. The van der Waals surface area contributed by atoms with Crippen molar-refractivity contribution in [1.82, 2.24) is 9.13 Å². The third kappa shape index (κ3) is 2.94. The third-order valence-corrected chi connectivity index (χ3v) is 6.05. The van der Waals surface area contributed by atoms with Gasteiger partial charge in [-0.3, -0.25) is 9.13 Å². The highest BCUT2D eigenvalue weighted by Gasteiger charge is 2.21. The van der Waals surface area contributed by atoms with E-state index >= 15 is 0 Å². The molecule has 1 aromatic heterocycles. The van der Waals surface area contributed by atoms with Gasteiger partial charge in [-0.25, -0.2) is 13.2 Å². The average Bonchev–Trinajstić information content (AvgIpc) is 2.84. The molecule has 0 N–H and O–H groups in total. The normalized spacial score (nSPS) is 12.3. The van der Waals surface area contributed by atoms with E-state index in [1.54, 1.807) is 38.4 Å². The molecule has 3 rings (SSSR count). The van der Waals surface area contributed by atoms with E-state index in [-0.39, 0.29) is 15.5 Å². The highest BCUT2D eigenvalue weighted by molar-refractivity contribution is 7.95. The maximum absolute atomic E-state index is 12.7. The van der Waals surface area contributed by atoms with Gasteiger partial charge in [-0.05, 0) is 48.0 Å². The Morgan fingerprint density at radius 1 is 1.08 bits per heavy atom. The summed E-state index contributed by atoms with van der Waals surface area (Å²) in [6.45, 7) is 0. The van der Waals surface area contributed by atoms with Crippen LogP contribution in [-0.4, -0.2) is 17.6 Å². The number of rotatable bonds is 3. The lowest BCUT2D eigenvalue weighted by Gasteiger charge is -2.04. The van der Waals surface area contributed by atoms with E-state index in [9.17, 15) is 18.5 Å². The second-order valence-corrected chi connectivity index (χ2v) is 8.08. The lowest BCUT2D eigenvalue weighted by atomic mass is 10.2. The molecule has 0 aliphatic heterocycles. The summed E-state index contributed by atoms with van der Waals surface area (Å²) in [6.07, 6.45) is 1.29. The van der Waals surface area contributed by atoms with Gasteiger partial charge in [0.15, 0.2) is 0 Å². The van der Waals surface area contributed by atoms with E-state index in [1.807, 2.05) is 0 Å². The molecule has 0 radical (unpaired) electrons. The predicted molar refractivity (Wildman–Crippen MR) is 100 cm³/mol. The Labute approximate surface area is 155 Å². The number of aromatic nitrogens is 2. The minimum absolute atomic E-state index is 0.0112. The summed E-state index contributed by atoms with van der Waals surface area (Å²) in [5.74, 6) is 0. The number of hydrogen-bond donors (Lipinski definition) is 0. The van der Waals surface area contributed by atoms with Gasteiger partial charge in [0.25, 0.3) is 0 Å². The van der Waals surface area contributed by atoms with Crippen molar-refractivity contribution in [1.29, 1.82) is 5.26 Å². The Kier molecular flexibility index (Phi) is 4.48. The summed E-state index contributed by atoms with van der Waals surface area (Å²) >= 11 is 5.79. The largest absolute Gasteiger partial charge is 0.328 e. The minimum atomic E-state index is -3.96. The first-order valence-corrected chi connectivity index (χ1v) is 9.40. The monoisotopic (exact) mass is 387 g/mol. The quantitative estimate of drug-likeness (QED) is 0.647. The number of hydrogen-bond acceptors (Lipinski definition) is 4. The van der Waals surface area contributed by atoms with Crippen molar-refractivity contribution in [3.8, 4) is 6.07 Å². The molecular weight excluding hydrogens is 374 g/mol. The number of nitriles is 1. The Bertz CT molecular complexity index is 1240. The van der Waals surface area contributed by atoms with Gasteiger partial charge in [-0.15, -0.1) is 0 Å². The Hall–Kier alpha value is -2.82. The number of nitrogens with zero attached hydrogens (tertiary/aromatic N) is 3. The SMILES string of the molecule is Cn1c(=O)n(C)c2cc(C=C(C#N)S(=O)(=O)c3ccc(Cl)cc3)ccc21. The lowest BCUT2D eigenvalue weighted by Crippen LogP contribution is -2.19. The van der Waals surface area contributed by atoms with Gasteiger partial charge in [0.2, 0.25) is 9.84 Å². The molecule has 0 aliphatic rings. The molecule has 1 heterocycles. The van der Waals surface area contributed by atoms with Crippen LogP contribution in [0.1, 0.15) is 5.56 Å². The van der Waals surface area contributed by atoms with Crippen molar-refractivity contribution in [3.05, 3.63) is 68.4 Å². The molecule has 0 saturated heterocycles. The van der Waals surface area contributed by atoms with Gasteiger partial charge in [-0.2, -0.15) is 5.26 Å². The van der Waals surface area contributed by atoms with Gasteiger partial charge in [-0.1, -0.05) is 17.7 Å². The number of allylic oxidation sites excluding steroid dienone is 1. The zero-order valence-corrected chi connectivity index (χ0v) is 15.5. The molecule has 132 valence electrons. The van der Waals surface area contributed by atoms with Crippen molar-refractivity contribution >= 4 is 38.5 Å². The molecular formula is C18H14ClN3O3S. The number of aryl methyl sites for hydroxylation is 2. The van der Waals surface area contributed by atoms with Crippen LogP contribution in [0.15, 0.2) is 57.1 Å². The van der Waals surface area contributed by atoms with Crippen LogP contribution in [0.3, 0.4) is 0 Å². The first kappa shape index (κ1) is 18.0. The molecule has 0 unspecified atom stereocenters. The molecule has 0 atom stereocenters. The van der Waals surface area contributed by atoms with Gasteiger partial charge in [0, 0.05) is 19.1 Å². The molecule has 0 fully saturated rings. The first-order chi connectivity index (χ1) is 12.3. The third-order valence-electron chi connectivity index (χ3n) is 4.12. The van der Waals surface area contributed by atoms with Crippen LogP contribution in [0.25, 0.3) is 17.1 Å². The Balaban J connectivity index is 2.14. The Morgan fingerprint density at radius 3 is 2.31 bits per heavy atom. The first-order valence-electron chi connectivity index (χ1n) is 7.53. The van der Waals surface area contributed by atoms with E-state index in [1.165, 1.54) is 39.5 Å². The molecule has 26 heavy (non-hydrogen) atoms. The minimum Gasteiger partial charge on any atom is -0.295 e. The maximum atomic E-state index is 12.7. The van der Waals surface area contributed by atoms with E-state index in [0.717, 1.165) is 0 Å². The van der Waals surface area contributed by atoms with Crippen molar-refractivity contribution in [2.45, 2.75) is 4.90 Å². The summed E-state index contributed by atoms with van der Waals surface area (Å²) in [7, 11) is -0.673. The summed E-state index contributed by atoms with van der Waals surface area (Å²) < 4.78 is 28.3. The molecule has 6 nitrogen and oxygen atoms in total. The lowest BCUT2D eigenvalue weighted by molar-refractivity contribution is 0.603. The average molecular weight is 388 g/mol. The van der Waals surface area contributed by atoms with Crippen LogP contribution in [-0.2, 0) is 23.9 Å². The number of fused-ring (bicyclic) bond motifs is 1. The zero-order chi connectivity index (χ0) is 19.1. The molecule has 0 bridgehead atoms. The van der Waals surface area contributed by atoms with Gasteiger partial charge in [0.1, 0.15) is 11.0 Å². The highest BCUT2D eigenvalue weighted by Crippen LogP contribution is 2.24. The van der Waals surface area contributed by atoms with E-state index in [4.69, 9.17) is 11.6 Å². The maximum Gasteiger partial charge on any atom is 0.328 e. The fourth-order valence-electron chi connectivity index (χ4n) is 2.68. The second-order valence-electron chi connectivity index (χ2n) is 5.73. The van der Waals surface area contributed by atoms with Crippen LogP contribution < -0.4 is 5.69 Å². The van der Waals surface area contributed by atoms with Gasteiger partial charge >= 0.3 is 5.69 Å². The van der Waals surface area contributed by atoms with Crippen LogP contribution in [0.4, 0.5) is 0 Å². The van der Waals surface area contributed by atoms with E-state index in [0.29, 0.717) is 21.6 Å². The fourth-order valence-corrected chi connectivity index (χ4v) is 3.96. The number of benzene rings is 2. The summed E-state index contributed by atoms with van der Waals surface area (Å²) in [5.41, 5.74) is 1.68. The number of sulfone groups is 1. The van der Waals surface area contributed by atoms with Crippen LogP contribution in [0, 0.1) is 11.3 Å². The topological polar surface area (TPSA) is 84.9 Å². The molecule has 0 amide bonds. The van der Waals surface area contributed by atoms with Gasteiger partial charge < -0.3 is 0 Å². The molecule has 3 aromatic rings. The van der Waals surface area contributed by atoms with Crippen molar-refractivity contribution in [2.75, 3.05) is 0 Å². The highest BCUT2D eigenvalue weighted by atomic mass is 35.5. The molecule has 0 spiro atoms. The summed E-state index contributed by atoms with van der Waals surface area (Å²) in [5, 5.41) is 9.78. The van der Waals surface area contributed by atoms with Crippen molar-refractivity contribution < 1.29 is 8.42 Å². The Morgan fingerprint density at radius 2 is 1.69 bits per heavy atom. The second kappa shape index (κ2) is 6.48. The standard InChI is InChI=1S/C18H14ClN3O3S/c1-21-16-8-3-12(10-17(16)22(2)18(21)23)9-15(11-20)26(24,25)14-6-4-13(19)5-7-14/h3-10H,1-2H3.